The number of rotatable bonds is 8. The van der Waals surface area contributed by atoms with Crippen molar-refractivity contribution in [1.29, 1.82) is 0 Å². The van der Waals surface area contributed by atoms with E-state index in [1.54, 1.807) is 4.90 Å². The number of hydrogen-bond donors (Lipinski definition) is 1. The predicted molar refractivity (Wildman–Crippen MR) is 142 cm³/mol. The molecular weight excluding hydrogens is 525 g/mol. The summed E-state index contributed by atoms with van der Waals surface area (Å²) < 4.78 is 15.6. The molecular formula is C27H28Cl3NO5. The van der Waals surface area contributed by atoms with Gasteiger partial charge in [-0.15, -0.1) is 0 Å². The normalized spacial score (nSPS) is 18.3. The monoisotopic (exact) mass is 551 g/mol. The molecule has 6 nitrogen and oxygen atoms in total. The van der Waals surface area contributed by atoms with Crippen molar-refractivity contribution in [2.24, 2.45) is 0 Å². The molecule has 1 aliphatic heterocycles. The fourth-order valence-electron chi connectivity index (χ4n) is 4.40. The Labute approximate surface area is 225 Å². The molecule has 0 aromatic heterocycles. The van der Waals surface area contributed by atoms with E-state index in [1.807, 2.05) is 36.4 Å². The number of likely N-dealkylation sites (tertiary alicyclic amines) is 1. The zero-order valence-corrected chi connectivity index (χ0v) is 21.9. The number of ether oxygens (including phenoxy) is 3. The second-order valence-corrected chi connectivity index (χ2v) is 11.2. The molecule has 1 aliphatic rings. The molecule has 0 aliphatic carbocycles. The summed E-state index contributed by atoms with van der Waals surface area (Å²) in [5, 5.41) is 11.4. The standard InChI is InChI=1S/C27H28Cl3NO5/c28-27(29,30)18-36-26(33)31-11-10-24(22-6-3-7-23(15-22)34-13-12-32)25(16-31)35-17-19-8-9-20-4-1-2-5-21(20)14-19/h1-9,14-15,24-25,32H,10-13,16-18H2. The highest BCUT2D eigenvalue weighted by molar-refractivity contribution is 6.67. The Kier molecular flexibility index (Phi) is 9.20. The highest BCUT2D eigenvalue weighted by atomic mass is 35.6. The summed E-state index contributed by atoms with van der Waals surface area (Å²) in [4.78, 5) is 14.2. The van der Waals surface area contributed by atoms with Crippen molar-refractivity contribution < 1.29 is 24.1 Å². The van der Waals surface area contributed by atoms with Gasteiger partial charge in [-0.25, -0.2) is 4.79 Å². The molecule has 3 aromatic rings. The van der Waals surface area contributed by atoms with E-state index in [0.29, 0.717) is 31.9 Å². The number of aliphatic hydroxyl groups excluding tert-OH is 1. The van der Waals surface area contributed by atoms with Crippen molar-refractivity contribution in [3.63, 3.8) is 0 Å². The number of fused-ring (bicyclic) bond motifs is 1. The van der Waals surface area contributed by atoms with Gasteiger partial charge in [0.1, 0.15) is 19.0 Å². The smallest absolute Gasteiger partial charge is 0.409 e. The third-order valence-electron chi connectivity index (χ3n) is 6.10. The van der Waals surface area contributed by atoms with E-state index >= 15 is 0 Å². The summed E-state index contributed by atoms with van der Waals surface area (Å²) >= 11 is 17.2. The fourth-order valence-corrected chi connectivity index (χ4v) is 4.56. The number of halogens is 3. The van der Waals surface area contributed by atoms with Crippen LogP contribution in [0.25, 0.3) is 10.8 Å². The summed E-state index contributed by atoms with van der Waals surface area (Å²) in [6.07, 6.45) is -0.174. The fraction of sp³-hybridized carbons (Fsp3) is 0.370. The van der Waals surface area contributed by atoms with Gasteiger partial charge in [0.05, 0.1) is 25.9 Å². The van der Waals surface area contributed by atoms with Crippen molar-refractivity contribution >= 4 is 51.7 Å². The highest BCUT2D eigenvalue weighted by Gasteiger charge is 2.35. The van der Waals surface area contributed by atoms with Gasteiger partial charge in [0.15, 0.2) is 0 Å². The Morgan fingerprint density at radius 3 is 2.61 bits per heavy atom. The van der Waals surface area contributed by atoms with Gasteiger partial charge < -0.3 is 24.2 Å². The molecule has 1 saturated heterocycles. The molecule has 1 amide bonds. The number of alkyl halides is 3. The van der Waals surface area contributed by atoms with Crippen LogP contribution in [0.3, 0.4) is 0 Å². The molecule has 4 rings (SSSR count). The molecule has 0 radical (unpaired) electrons. The first-order valence-corrected chi connectivity index (χ1v) is 12.9. The molecule has 0 saturated carbocycles. The van der Waals surface area contributed by atoms with Gasteiger partial charge in [0.2, 0.25) is 3.79 Å². The second kappa shape index (κ2) is 12.3. The summed E-state index contributed by atoms with van der Waals surface area (Å²) in [5.41, 5.74) is 2.09. The first-order chi connectivity index (χ1) is 17.3. The van der Waals surface area contributed by atoms with Crippen molar-refractivity contribution in [1.82, 2.24) is 4.90 Å². The van der Waals surface area contributed by atoms with Gasteiger partial charge in [0.25, 0.3) is 0 Å². The van der Waals surface area contributed by atoms with Crippen molar-refractivity contribution in [2.75, 3.05) is 32.9 Å². The SMILES string of the molecule is O=C(OCC(Cl)(Cl)Cl)N1CCC(c2cccc(OCCO)c2)C(OCc2ccc3ccccc3c2)C1. The molecule has 2 unspecified atom stereocenters. The molecule has 1 N–H and O–H groups in total. The summed E-state index contributed by atoms with van der Waals surface area (Å²) in [5.74, 6) is 0.708. The van der Waals surface area contributed by atoms with E-state index < -0.39 is 9.89 Å². The largest absolute Gasteiger partial charge is 0.491 e. The van der Waals surface area contributed by atoms with Gasteiger partial charge in [-0.1, -0.05) is 83.3 Å². The Morgan fingerprint density at radius 1 is 1.03 bits per heavy atom. The van der Waals surface area contributed by atoms with Gasteiger partial charge >= 0.3 is 6.09 Å². The summed E-state index contributed by atoms with van der Waals surface area (Å²) in [6.45, 7) is 1.03. The Morgan fingerprint density at radius 2 is 1.83 bits per heavy atom. The number of carbonyl (C=O) groups is 1. The van der Waals surface area contributed by atoms with Gasteiger partial charge in [-0.2, -0.15) is 0 Å². The van der Waals surface area contributed by atoms with Crippen molar-refractivity contribution in [3.8, 4) is 5.75 Å². The summed E-state index contributed by atoms with van der Waals surface area (Å²) in [7, 11) is 0. The third kappa shape index (κ3) is 7.40. The molecule has 1 heterocycles. The number of aliphatic hydroxyl groups is 1. The van der Waals surface area contributed by atoms with Crippen LogP contribution in [0.4, 0.5) is 4.79 Å². The zero-order valence-electron chi connectivity index (χ0n) is 19.6. The van der Waals surface area contributed by atoms with E-state index in [-0.39, 0.29) is 31.8 Å². The van der Waals surface area contributed by atoms with Gasteiger partial charge in [-0.3, -0.25) is 0 Å². The molecule has 0 spiro atoms. The number of amides is 1. The molecule has 36 heavy (non-hydrogen) atoms. The predicted octanol–water partition coefficient (Wildman–Crippen LogP) is 6.09. The molecule has 1 fully saturated rings. The Hall–Kier alpha value is -2.22. The van der Waals surface area contributed by atoms with E-state index in [2.05, 4.69) is 30.3 Å². The first kappa shape index (κ1) is 26.8. The van der Waals surface area contributed by atoms with Crippen molar-refractivity contribution in [2.45, 2.75) is 28.8 Å². The average Bonchev–Trinajstić information content (AvgIpc) is 2.88. The Balaban J connectivity index is 1.51. The van der Waals surface area contributed by atoms with E-state index in [1.165, 1.54) is 5.39 Å². The Bertz CT molecular complexity index is 1170. The summed E-state index contributed by atoms with van der Waals surface area (Å²) in [6, 6.07) is 22.2. The topological polar surface area (TPSA) is 68.2 Å². The molecule has 9 heteroatoms. The van der Waals surface area contributed by atoms with Crippen LogP contribution in [-0.4, -0.2) is 58.9 Å². The van der Waals surface area contributed by atoms with Crippen molar-refractivity contribution in [3.05, 3.63) is 77.9 Å². The minimum atomic E-state index is -1.67. The number of carbonyl (C=O) groups excluding carboxylic acids is 1. The average molecular weight is 553 g/mol. The van der Waals surface area contributed by atoms with Crippen LogP contribution in [0.2, 0.25) is 0 Å². The zero-order chi connectivity index (χ0) is 25.5. The van der Waals surface area contributed by atoms with Crippen LogP contribution >= 0.6 is 34.8 Å². The molecule has 3 aromatic carbocycles. The quantitative estimate of drug-likeness (QED) is 0.342. The number of piperidine rings is 1. The minimum absolute atomic E-state index is 0.0281. The molecule has 2 atom stereocenters. The van der Waals surface area contributed by atoms with Crippen LogP contribution < -0.4 is 4.74 Å². The number of hydrogen-bond acceptors (Lipinski definition) is 5. The highest BCUT2D eigenvalue weighted by Crippen LogP contribution is 2.34. The third-order valence-corrected chi connectivity index (χ3v) is 6.43. The van der Waals surface area contributed by atoms with Crippen LogP contribution in [0.5, 0.6) is 5.75 Å². The maximum absolute atomic E-state index is 12.7. The maximum Gasteiger partial charge on any atom is 0.409 e. The molecule has 0 bridgehead atoms. The number of benzene rings is 3. The number of nitrogens with zero attached hydrogens (tertiary/aromatic N) is 1. The van der Waals surface area contributed by atoms with E-state index in [0.717, 1.165) is 16.5 Å². The van der Waals surface area contributed by atoms with Gasteiger partial charge in [0, 0.05) is 12.5 Å². The lowest BCUT2D eigenvalue weighted by Gasteiger charge is -2.38. The van der Waals surface area contributed by atoms with Crippen LogP contribution in [-0.2, 0) is 16.1 Å². The van der Waals surface area contributed by atoms with E-state index in [4.69, 9.17) is 54.1 Å². The second-order valence-electron chi connectivity index (χ2n) is 8.69. The maximum atomic E-state index is 12.7. The first-order valence-electron chi connectivity index (χ1n) is 11.7. The van der Waals surface area contributed by atoms with Crippen LogP contribution in [0.1, 0.15) is 23.5 Å². The van der Waals surface area contributed by atoms with E-state index in [9.17, 15) is 4.79 Å². The molecule has 192 valence electrons. The lowest BCUT2D eigenvalue weighted by atomic mass is 9.87. The van der Waals surface area contributed by atoms with Gasteiger partial charge in [-0.05, 0) is 46.5 Å². The van der Waals surface area contributed by atoms with Crippen LogP contribution in [0, 0.1) is 0 Å². The lowest BCUT2D eigenvalue weighted by Crippen LogP contribution is -2.47. The minimum Gasteiger partial charge on any atom is -0.491 e. The van der Waals surface area contributed by atoms with Crippen LogP contribution in [0.15, 0.2) is 66.7 Å². The lowest BCUT2D eigenvalue weighted by molar-refractivity contribution is -0.0236.